The van der Waals surface area contributed by atoms with Crippen LogP contribution < -0.4 is 5.32 Å². The molecule has 1 aliphatic heterocycles. The van der Waals surface area contributed by atoms with Crippen LogP contribution in [0, 0.1) is 0 Å². The Bertz CT molecular complexity index is 878. The van der Waals surface area contributed by atoms with Crippen molar-refractivity contribution in [3.05, 3.63) is 54.5 Å². The third-order valence-electron chi connectivity index (χ3n) is 4.71. The van der Waals surface area contributed by atoms with Crippen LogP contribution in [-0.2, 0) is 6.54 Å². The summed E-state index contributed by atoms with van der Waals surface area (Å²) < 4.78 is 0. The smallest absolute Gasteiger partial charge is 0.321 e. The van der Waals surface area contributed by atoms with Crippen molar-refractivity contribution in [3.8, 4) is 0 Å². The summed E-state index contributed by atoms with van der Waals surface area (Å²) in [5.74, 6) is 0. The number of benzene rings is 1. The number of hydrogen-bond acceptors (Lipinski definition) is 4. The van der Waals surface area contributed by atoms with Crippen LogP contribution in [0.4, 0.5) is 10.5 Å². The highest BCUT2D eigenvalue weighted by Gasteiger charge is 2.20. The van der Waals surface area contributed by atoms with Crippen molar-refractivity contribution >= 4 is 22.6 Å². The molecule has 26 heavy (non-hydrogen) atoms. The fraction of sp³-hybridized carbons (Fsp3) is 0.316. The first-order chi connectivity index (χ1) is 12.8. The molecule has 134 valence electrons. The lowest BCUT2D eigenvalue weighted by Crippen LogP contribution is -2.38. The maximum Gasteiger partial charge on any atom is 0.321 e. The number of carbonyl (C=O) groups is 1. The molecule has 7 nitrogen and oxygen atoms in total. The van der Waals surface area contributed by atoms with Crippen molar-refractivity contribution in [2.24, 2.45) is 0 Å². The van der Waals surface area contributed by atoms with Gasteiger partial charge in [0.25, 0.3) is 0 Å². The van der Waals surface area contributed by atoms with Crippen molar-refractivity contribution in [2.75, 3.05) is 31.5 Å². The Morgan fingerprint density at radius 3 is 2.96 bits per heavy atom. The van der Waals surface area contributed by atoms with Gasteiger partial charge in [-0.25, -0.2) is 4.79 Å². The Morgan fingerprint density at radius 2 is 2.08 bits per heavy atom. The van der Waals surface area contributed by atoms with Gasteiger partial charge in [0.1, 0.15) is 0 Å². The highest BCUT2D eigenvalue weighted by molar-refractivity contribution is 5.99. The van der Waals surface area contributed by atoms with E-state index in [1.54, 1.807) is 6.20 Å². The second-order valence-electron chi connectivity index (χ2n) is 6.51. The molecular weight excluding hydrogens is 328 g/mol. The highest BCUT2D eigenvalue weighted by Crippen LogP contribution is 2.21. The molecule has 2 aromatic heterocycles. The summed E-state index contributed by atoms with van der Waals surface area (Å²) in [6.07, 6.45) is 4.53. The quantitative estimate of drug-likeness (QED) is 0.761. The normalized spacial score (nSPS) is 15.8. The lowest BCUT2D eigenvalue weighted by Gasteiger charge is -2.22. The largest absolute Gasteiger partial charge is 0.323 e. The monoisotopic (exact) mass is 350 g/mol. The summed E-state index contributed by atoms with van der Waals surface area (Å²) in [4.78, 5) is 21.3. The molecule has 1 aromatic carbocycles. The second-order valence-corrected chi connectivity index (χ2v) is 6.51. The van der Waals surface area contributed by atoms with Gasteiger partial charge in [-0.15, -0.1) is 0 Å². The second kappa shape index (κ2) is 7.53. The number of pyridine rings is 1. The molecule has 2 amide bonds. The van der Waals surface area contributed by atoms with E-state index in [0.717, 1.165) is 54.9 Å². The molecule has 0 radical (unpaired) electrons. The average Bonchev–Trinajstić information content (AvgIpc) is 3.03. The minimum absolute atomic E-state index is 0.0632. The van der Waals surface area contributed by atoms with Gasteiger partial charge in [0.15, 0.2) is 0 Å². The molecule has 1 aliphatic rings. The maximum atomic E-state index is 12.7. The van der Waals surface area contributed by atoms with Gasteiger partial charge < -0.3 is 10.2 Å². The maximum absolute atomic E-state index is 12.7. The Hall–Kier alpha value is -2.93. The highest BCUT2D eigenvalue weighted by atomic mass is 16.2. The number of nitrogens with zero attached hydrogens (tertiary/aromatic N) is 4. The third-order valence-corrected chi connectivity index (χ3v) is 4.71. The Kier molecular flexibility index (Phi) is 4.79. The first-order valence-electron chi connectivity index (χ1n) is 8.90. The van der Waals surface area contributed by atoms with Crippen LogP contribution in [0.25, 0.3) is 10.9 Å². The fourth-order valence-electron chi connectivity index (χ4n) is 3.32. The summed E-state index contributed by atoms with van der Waals surface area (Å²) in [5.41, 5.74) is 2.68. The number of nitrogens with one attached hydrogen (secondary N) is 2. The number of H-pyrrole nitrogens is 1. The number of para-hydroxylation sites is 1. The van der Waals surface area contributed by atoms with E-state index >= 15 is 0 Å². The zero-order chi connectivity index (χ0) is 17.8. The Labute approximate surface area is 152 Å². The first kappa shape index (κ1) is 16.5. The van der Waals surface area contributed by atoms with Crippen molar-refractivity contribution in [1.82, 2.24) is 25.0 Å². The molecule has 0 aliphatic carbocycles. The van der Waals surface area contributed by atoms with E-state index < -0.39 is 0 Å². The standard InChI is InChI=1S/C19H22N6O/c26-19(22-17-7-3-5-15-13-21-23-18(15)17)25-10-4-9-24(11-12-25)14-16-6-1-2-8-20-16/h1-3,5-8,13H,4,9-12,14H2,(H,21,23)(H,22,26). The lowest BCUT2D eigenvalue weighted by atomic mass is 10.2. The predicted molar refractivity (Wildman–Crippen MR) is 101 cm³/mol. The third kappa shape index (κ3) is 3.67. The average molecular weight is 350 g/mol. The van der Waals surface area contributed by atoms with Crippen molar-refractivity contribution in [3.63, 3.8) is 0 Å². The summed E-state index contributed by atoms with van der Waals surface area (Å²) in [6.45, 7) is 4.10. The van der Waals surface area contributed by atoms with E-state index in [2.05, 4.69) is 25.4 Å². The number of fused-ring (bicyclic) bond motifs is 1. The van der Waals surface area contributed by atoms with Crippen LogP contribution in [0.3, 0.4) is 0 Å². The zero-order valence-electron chi connectivity index (χ0n) is 14.6. The minimum Gasteiger partial charge on any atom is -0.323 e. The van der Waals surface area contributed by atoms with Crippen LogP contribution in [0.1, 0.15) is 12.1 Å². The molecule has 0 atom stereocenters. The summed E-state index contributed by atoms with van der Waals surface area (Å²) in [5, 5.41) is 11.0. The van der Waals surface area contributed by atoms with Crippen molar-refractivity contribution in [2.45, 2.75) is 13.0 Å². The lowest BCUT2D eigenvalue weighted by molar-refractivity contribution is 0.211. The molecule has 3 heterocycles. The molecular formula is C19H22N6O. The topological polar surface area (TPSA) is 77.2 Å². The number of rotatable bonds is 3. The molecule has 3 aromatic rings. The molecule has 1 saturated heterocycles. The van der Waals surface area contributed by atoms with E-state index in [4.69, 9.17) is 0 Å². The van der Waals surface area contributed by atoms with Gasteiger partial charge >= 0.3 is 6.03 Å². The molecule has 0 spiro atoms. The molecule has 2 N–H and O–H groups in total. The van der Waals surface area contributed by atoms with Gasteiger partial charge in [-0.05, 0) is 24.6 Å². The van der Waals surface area contributed by atoms with Crippen LogP contribution in [0.2, 0.25) is 0 Å². The summed E-state index contributed by atoms with van der Waals surface area (Å²) >= 11 is 0. The molecule has 7 heteroatoms. The minimum atomic E-state index is -0.0632. The van der Waals surface area contributed by atoms with E-state index in [1.165, 1.54) is 0 Å². The van der Waals surface area contributed by atoms with Gasteiger partial charge in [-0.1, -0.05) is 18.2 Å². The molecule has 1 fully saturated rings. The van der Waals surface area contributed by atoms with Gasteiger partial charge in [0.2, 0.25) is 0 Å². The van der Waals surface area contributed by atoms with E-state index in [1.807, 2.05) is 47.5 Å². The molecule has 0 saturated carbocycles. The SMILES string of the molecule is O=C(Nc1cccc2cn[nH]c12)N1CCCN(Cc2ccccn2)CC1. The number of hydrogen-bond donors (Lipinski definition) is 2. The number of aromatic amines is 1. The molecule has 0 bridgehead atoms. The van der Waals surface area contributed by atoms with E-state index in [-0.39, 0.29) is 6.03 Å². The van der Waals surface area contributed by atoms with Crippen LogP contribution in [-0.4, -0.2) is 57.2 Å². The van der Waals surface area contributed by atoms with Crippen molar-refractivity contribution < 1.29 is 4.79 Å². The van der Waals surface area contributed by atoms with Crippen LogP contribution in [0.15, 0.2) is 48.8 Å². The van der Waals surface area contributed by atoms with Crippen molar-refractivity contribution in [1.29, 1.82) is 0 Å². The van der Waals surface area contributed by atoms with Gasteiger partial charge in [0, 0.05) is 44.3 Å². The number of urea groups is 1. The molecule has 4 rings (SSSR count). The first-order valence-corrected chi connectivity index (χ1v) is 8.90. The summed E-state index contributed by atoms with van der Waals surface area (Å²) in [7, 11) is 0. The number of aromatic nitrogens is 3. The zero-order valence-corrected chi connectivity index (χ0v) is 14.6. The van der Waals surface area contributed by atoms with Gasteiger partial charge in [0.05, 0.1) is 23.1 Å². The number of anilines is 1. The van der Waals surface area contributed by atoms with Gasteiger partial charge in [-0.3, -0.25) is 15.0 Å². The number of carbonyl (C=O) groups excluding carboxylic acids is 1. The Balaban J connectivity index is 1.37. The predicted octanol–water partition coefficient (Wildman–Crippen LogP) is 2.70. The Morgan fingerprint density at radius 1 is 1.12 bits per heavy atom. The van der Waals surface area contributed by atoms with Gasteiger partial charge in [-0.2, -0.15) is 5.10 Å². The van der Waals surface area contributed by atoms with E-state index in [9.17, 15) is 4.79 Å². The number of amides is 2. The molecule has 0 unspecified atom stereocenters. The van der Waals surface area contributed by atoms with Crippen LogP contribution in [0.5, 0.6) is 0 Å². The summed E-state index contributed by atoms with van der Waals surface area (Å²) in [6, 6.07) is 11.7. The van der Waals surface area contributed by atoms with Crippen LogP contribution >= 0.6 is 0 Å². The van der Waals surface area contributed by atoms with E-state index in [0.29, 0.717) is 6.54 Å². The fourth-order valence-corrected chi connectivity index (χ4v) is 3.32.